The molecule has 0 bridgehead atoms. The average Bonchev–Trinajstić information content (AvgIpc) is 3.11. The highest BCUT2D eigenvalue weighted by Crippen LogP contribution is 2.30. The first kappa shape index (κ1) is 16.1. The molecule has 1 aromatic heterocycles. The normalized spacial score (nSPS) is 18.3. The number of aryl methyl sites for hydroxylation is 1. The highest BCUT2D eigenvalue weighted by molar-refractivity contribution is 7.99. The molecule has 1 saturated heterocycles. The van der Waals surface area contributed by atoms with Crippen molar-refractivity contribution in [2.45, 2.75) is 42.8 Å². The second kappa shape index (κ2) is 7.23. The molecule has 1 N–H and O–H groups in total. The number of furan rings is 1. The first-order chi connectivity index (χ1) is 11.1. The molecule has 4 nitrogen and oxygen atoms in total. The van der Waals surface area contributed by atoms with E-state index in [1.165, 1.54) is 10.5 Å². The van der Waals surface area contributed by atoms with Crippen molar-refractivity contribution < 1.29 is 9.21 Å². The van der Waals surface area contributed by atoms with Crippen molar-refractivity contribution in [3.8, 4) is 0 Å². The summed E-state index contributed by atoms with van der Waals surface area (Å²) >= 11 is 1.64. The Kier molecular flexibility index (Phi) is 5.08. The second-order valence-electron chi connectivity index (χ2n) is 6.06. The molecule has 0 spiro atoms. The Balaban J connectivity index is 1.53. The van der Waals surface area contributed by atoms with Gasteiger partial charge in [0.25, 0.3) is 0 Å². The van der Waals surface area contributed by atoms with Crippen LogP contribution in [0.25, 0.3) is 0 Å². The number of amides is 1. The second-order valence-corrected chi connectivity index (χ2v) is 7.13. The van der Waals surface area contributed by atoms with Crippen LogP contribution in [0.2, 0.25) is 0 Å². The van der Waals surface area contributed by atoms with Gasteiger partial charge in [0.2, 0.25) is 5.91 Å². The van der Waals surface area contributed by atoms with Crippen molar-refractivity contribution in [3.05, 3.63) is 47.7 Å². The smallest absolute Gasteiger partial charge is 0.217 e. The molecule has 2 aromatic rings. The van der Waals surface area contributed by atoms with Gasteiger partial charge in [0.1, 0.15) is 5.76 Å². The van der Waals surface area contributed by atoms with Crippen LogP contribution >= 0.6 is 11.8 Å². The van der Waals surface area contributed by atoms with Crippen molar-refractivity contribution in [1.82, 2.24) is 10.2 Å². The lowest BCUT2D eigenvalue weighted by Gasteiger charge is -2.14. The summed E-state index contributed by atoms with van der Waals surface area (Å²) in [7, 11) is 0. The third-order valence-electron chi connectivity index (χ3n) is 3.94. The fraction of sp³-hybridized carbons (Fsp3) is 0.389. The monoisotopic (exact) mass is 330 g/mol. The van der Waals surface area contributed by atoms with Gasteiger partial charge >= 0.3 is 0 Å². The van der Waals surface area contributed by atoms with Crippen molar-refractivity contribution in [2.75, 3.05) is 13.1 Å². The Labute approximate surface area is 141 Å². The molecule has 5 heteroatoms. The quantitative estimate of drug-likeness (QED) is 0.912. The van der Waals surface area contributed by atoms with Gasteiger partial charge in [0, 0.05) is 31.0 Å². The van der Waals surface area contributed by atoms with E-state index in [-0.39, 0.29) is 11.9 Å². The van der Waals surface area contributed by atoms with E-state index in [2.05, 4.69) is 41.4 Å². The number of hydrogen-bond donors (Lipinski definition) is 1. The largest absolute Gasteiger partial charge is 0.453 e. The summed E-state index contributed by atoms with van der Waals surface area (Å²) in [6.45, 7) is 6.34. The lowest BCUT2D eigenvalue weighted by atomic mass is 10.2. The molecule has 1 fully saturated rings. The zero-order valence-corrected chi connectivity index (χ0v) is 14.4. The Bertz CT molecular complexity index is 666. The van der Waals surface area contributed by atoms with Crippen molar-refractivity contribution in [2.24, 2.45) is 0 Å². The third kappa shape index (κ3) is 4.62. The molecular formula is C18H22N2O2S. The van der Waals surface area contributed by atoms with Gasteiger partial charge < -0.3 is 9.73 Å². The van der Waals surface area contributed by atoms with Gasteiger partial charge in [-0.25, -0.2) is 0 Å². The summed E-state index contributed by atoms with van der Waals surface area (Å²) in [6.07, 6.45) is 1.01. The van der Waals surface area contributed by atoms with Crippen LogP contribution in [0.15, 0.2) is 50.8 Å². The van der Waals surface area contributed by atoms with Crippen molar-refractivity contribution in [1.29, 1.82) is 0 Å². The van der Waals surface area contributed by atoms with Crippen LogP contribution in [0.4, 0.5) is 0 Å². The Hall–Kier alpha value is -1.72. The number of rotatable bonds is 5. The number of benzene rings is 1. The number of nitrogens with zero attached hydrogens (tertiary/aromatic N) is 1. The molecular weight excluding hydrogens is 308 g/mol. The SMILES string of the molecule is CC(=O)N[C@@H]1CCN(Cc2ccc(Sc3ccc(C)cc3)o2)C1. The number of nitrogens with one attached hydrogen (secondary N) is 1. The number of carbonyl (C=O) groups is 1. The predicted molar refractivity (Wildman–Crippen MR) is 91.5 cm³/mol. The van der Waals surface area contributed by atoms with Crippen LogP contribution in [-0.4, -0.2) is 29.9 Å². The van der Waals surface area contributed by atoms with Gasteiger partial charge in [-0.05, 0) is 37.6 Å². The highest BCUT2D eigenvalue weighted by Gasteiger charge is 2.23. The van der Waals surface area contributed by atoms with Crippen LogP contribution in [0.3, 0.4) is 0 Å². The maximum Gasteiger partial charge on any atom is 0.217 e. The van der Waals surface area contributed by atoms with Crippen LogP contribution in [0, 0.1) is 6.92 Å². The van der Waals surface area contributed by atoms with E-state index in [1.807, 2.05) is 12.1 Å². The van der Waals surface area contributed by atoms with E-state index in [1.54, 1.807) is 18.7 Å². The van der Waals surface area contributed by atoms with Crippen LogP contribution in [0.1, 0.15) is 24.7 Å². The molecule has 1 aromatic carbocycles. The first-order valence-electron chi connectivity index (χ1n) is 7.91. The van der Waals surface area contributed by atoms with Gasteiger partial charge in [0.15, 0.2) is 5.09 Å². The molecule has 23 heavy (non-hydrogen) atoms. The van der Waals surface area contributed by atoms with Crippen molar-refractivity contribution >= 4 is 17.7 Å². The minimum Gasteiger partial charge on any atom is -0.453 e. The summed E-state index contributed by atoms with van der Waals surface area (Å²) in [4.78, 5) is 14.6. The zero-order valence-electron chi connectivity index (χ0n) is 13.5. The molecule has 0 radical (unpaired) electrons. The van der Waals surface area contributed by atoms with E-state index >= 15 is 0 Å². The van der Waals surface area contributed by atoms with E-state index in [0.29, 0.717) is 0 Å². The highest BCUT2D eigenvalue weighted by atomic mass is 32.2. The van der Waals surface area contributed by atoms with Gasteiger partial charge in [-0.3, -0.25) is 9.69 Å². The number of likely N-dealkylation sites (tertiary alicyclic amines) is 1. The average molecular weight is 330 g/mol. The van der Waals surface area contributed by atoms with E-state index in [4.69, 9.17) is 4.42 Å². The Morgan fingerprint density at radius 1 is 1.30 bits per heavy atom. The molecule has 1 amide bonds. The molecule has 0 saturated carbocycles. The summed E-state index contributed by atoms with van der Waals surface area (Å²) in [5.41, 5.74) is 1.26. The molecule has 3 rings (SSSR count). The fourth-order valence-corrected chi connectivity index (χ4v) is 3.61. The van der Waals surface area contributed by atoms with Gasteiger partial charge in [-0.1, -0.05) is 29.5 Å². The fourth-order valence-electron chi connectivity index (χ4n) is 2.82. The zero-order chi connectivity index (χ0) is 16.2. The number of hydrogen-bond acceptors (Lipinski definition) is 4. The number of carbonyl (C=O) groups excluding carboxylic acids is 1. The summed E-state index contributed by atoms with van der Waals surface area (Å²) in [5, 5.41) is 3.90. The maximum atomic E-state index is 11.1. The lowest BCUT2D eigenvalue weighted by molar-refractivity contribution is -0.119. The lowest BCUT2D eigenvalue weighted by Crippen LogP contribution is -2.35. The Morgan fingerprint density at radius 3 is 2.83 bits per heavy atom. The van der Waals surface area contributed by atoms with Crippen LogP contribution in [0.5, 0.6) is 0 Å². The predicted octanol–water partition coefficient (Wildman–Crippen LogP) is 3.45. The molecule has 0 aliphatic carbocycles. The summed E-state index contributed by atoms with van der Waals surface area (Å²) < 4.78 is 5.93. The van der Waals surface area contributed by atoms with Gasteiger partial charge in [-0.2, -0.15) is 0 Å². The standard InChI is InChI=1S/C18H22N2O2S/c1-13-3-6-17(7-4-13)23-18-8-5-16(22-18)12-20-10-9-15(11-20)19-14(2)21/h3-8,15H,9-12H2,1-2H3,(H,19,21)/t15-/m1/s1. The summed E-state index contributed by atoms with van der Waals surface area (Å²) in [5.74, 6) is 1.02. The Morgan fingerprint density at radius 2 is 2.09 bits per heavy atom. The minimum absolute atomic E-state index is 0.0478. The van der Waals surface area contributed by atoms with Crippen LogP contribution in [-0.2, 0) is 11.3 Å². The van der Waals surface area contributed by atoms with Gasteiger partial charge in [0.05, 0.1) is 6.54 Å². The van der Waals surface area contributed by atoms with Crippen LogP contribution < -0.4 is 5.32 Å². The molecule has 1 aliphatic rings. The molecule has 1 aliphatic heterocycles. The summed E-state index contributed by atoms with van der Waals surface area (Å²) in [6, 6.07) is 12.8. The molecule has 2 heterocycles. The molecule has 122 valence electrons. The van der Waals surface area contributed by atoms with E-state index in [9.17, 15) is 4.79 Å². The maximum absolute atomic E-state index is 11.1. The molecule has 1 atom stereocenters. The topological polar surface area (TPSA) is 45.5 Å². The molecule has 0 unspecified atom stereocenters. The van der Waals surface area contributed by atoms with Gasteiger partial charge in [-0.15, -0.1) is 0 Å². The van der Waals surface area contributed by atoms with Crippen molar-refractivity contribution in [3.63, 3.8) is 0 Å². The minimum atomic E-state index is 0.0478. The first-order valence-corrected chi connectivity index (χ1v) is 8.73. The van der Waals surface area contributed by atoms with E-state index in [0.717, 1.165) is 36.9 Å². The van der Waals surface area contributed by atoms with E-state index < -0.39 is 0 Å². The third-order valence-corrected chi connectivity index (χ3v) is 4.86.